The van der Waals surface area contributed by atoms with E-state index >= 15 is 0 Å². The monoisotopic (exact) mass is 216 g/mol. The number of benzene rings is 1. The van der Waals surface area contributed by atoms with Crippen LogP contribution in [-0.4, -0.2) is 17.5 Å². The highest BCUT2D eigenvalue weighted by Gasteiger charge is 2.22. The number of hydrogen-bond acceptors (Lipinski definition) is 2. The summed E-state index contributed by atoms with van der Waals surface area (Å²) < 4.78 is 0. The fourth-order valence-electron chi connectivity index (χ4n) is 2.07. The van der Waals surface area contributed by atoms with E-state index in [1.807, 2.05) is 36.4 Å². The average molecular weight is 216 g/mol. The minimum Gasteiger partial charge on any atom is -0.396 e. The first kappa shape index (κ1) is 11.1. The molecule has 1 aromatic rings. The molecule has 1 atom stereocenters. The molecule has 1 N–H and O–H groups in total. The summed E-state index contributed by atoms with van der Waals surface area (Å²) in [4.78, 5) is 11.7. The first-order chi connectivity index (χ1) is 7.79. The summed E-state index contributed by atoms with van der Waals surface area (Å²) in [6.45, 7) is 0.180. The van der Waals surface area contributed by atoms with Gasteiger partial charge in [0.2, 0.25) is 0 Å². The van der Waals surface area contributed by atoms with Gasteiger partial charge >= 0.3 is 0 Å². The zero-order valence-corrected chi connectivity index (χ0v) is 9.23. The average Bonchev–Trinajstić information content (AvgIpc) is 2.33. The Hall–Kier alpha value is -1.41. The van der Waals surface area contributed by atoms with E-state index in [1.54, 1.807) is 0 Å². The van der Waals surface area contributed by atoms with Gasteiger partial charge in [-0.3, -0.25) is 4.79 Å². The molecule has 0 aromatic heterocycles. The lowest BCUT2D eigenvalue weighted by molar-refractivity contribution is -0.117. The molecule has 0 amide bonds. The Morgan fingerprint density at radius 1 is 1.31 bits per heavy atom. The maximum atomic E-state index is 11.7. The van der Waals surface area contributed by atoms with Gasteiger partial charge < -0.3 is 5.11 Å². The first-order valence-electron chi connectivity index (χ1n) is 5.69. The number of ketones is 1. The van der Waals surface area contributed by atoms with Crippen molar-refractivity contribution in [3.05, 3.63) is 41.5 Å². The Morgan fingerprint density at radius 3 is 2.75 bits per heavy atom. The second-order valence-electron chi connectivity index (χ2n) is 4.29. The topological polar surface area (TPSA) is 37.3 Å². The number of hydrogen-bond donors (Lipinski definition) is 1. The summed E-state index contributed by atoms with van der Waals surface area (Å²) >= 11 is 0. The molecule has 1 unspecified atom stereocenters. The predicted octanol–water partition coefficient (Wildman–Crippen LogP) is 2.43. The smallest absolute Gasteiger partial charge is 0.158 e. The third-order valence-corrected chi connectivity index (χ3v) is 3.05. The molecule has 2 nitrogen and oxygen atoms in total. The van der Waals surface area contributed by atoms with Crippen molar-refractivity contribution < 1.29 is 9.90 Å². The molecule has 1 aromatic carbocycles. The van der Waals surface area contributed by atoms with Gasteiger partial charge in [0, 0.05) is 13.0 Å². The summed E-state index contributed by atoms with van der Waals surface area (Å²) in [6, 6.07) is 9.86. The molecule has 0 saturated heterocycles. The Morgan fingerprint density at radius 2 is 2.06 bits per heavy atom. The van der Waals surface area contributed by atoms with Crippen LogP contribution in [0.1, 0.15) is 24.8 Å². The molecule has 0 radical (unpaired) electrons. The van der Waals surface area contributed by atoms with Crippen molar-refractivity contribution in [1.82, 2.24) is 0 Å². The molecule has 1 aliphatic carbocycles. The van der Waals surface area contributed by atoms with Crippen molar-refractivity contribution in [1.29, 1.82) is 0 Å². The van der Waals surface area contributed by atoms with Crippen molar-refractivity contribution in [2.75, 3.05) is 6.61 Å². The molecule has 0 spiro atoms. The predicted molar refractivity (Wildman–Crippen MR) is 63.9 cm³/mol. The van der Waals surface area contributed by atoms with E-state index in [-0.39, 0.29) is 18.3 Å². The third-order valence-electron chi connectivity index (χ3n) is 3.05. The van der Waals surface area contributed by atoms with Crippen molar-refractivity contribution in [3.63, 3.8) is 0 Å². The summed E-state index contributed by atoms with van der Waals surface area (Å²) in [5.41, 5.74) is 1.92. The normalized spacial score (nSPS) is 23.7. The van der Waals surface area contributed by atoms with E-state index < -0.39 is 0 Å². The molecule has 0 aliphatic heterocycles. The fraction of sp³-hybridized carbons (Fsp3) is 0.357. The van der Waals surface area contributed by atoms with Crippen LogP contribution < -0.4 is 0 Å². The van der Waals surface area contributed by atoms with Gasteiger partial charge in [0.05, 0.1) is 0 Å². The maximum absolute atomic E-state index is 11.7. The summed E-state index contributed by atoms with van der Waals surface area (Å²) in [6.07, 6.45) is 4.06. The Kier molecular flexibility index (Phi) is 3.52. The number of Topliss-reactive ketones (excluding diaryl/α,β-unsaturated/α-hetero) is 1. The Bertz CT molecular complexity index is 392. The van der Waals surface area contributed by atoms with Crippen LogP contribution in [0.15, 0.2) is 35.9 Å². The lowest BCUT2D eigenvalue weighted by Crippen LogP contribution is -2.19. The molecule has 1 fully saturated rings. The minimum absolute atomic E-state index is 0.180. The van der Waals surface area contributed by atoms with Crippen LogP contribution in [0, 0.1) is 5.92 Å². The van der Waals surface area contributed by atoms with Crippen LogP contribution in [0.25, 0.3) is 6.08 Å². The molecule has 1 aliphatic rings. The van der Waals surface area contributed by atoms with Crippen molar-refractivity contribution >= 4 is 11.9 Å². The molecular weight excluding hydrogens is 200 g/mol. The van der Waals surface area contributed by atoms with Crippen LogP contribution in [-0.2, 0) is 4.79 Å². The van der Waals surface area contributed by atoms with Gasteiger partial charge in [0.25, 0.3) is 0 Å². The standard InChI is InChI=1S/C14H16O2/c15-10-12-6-7-14(16)13(9-12)8-11-4-2-1-3-5-11/h1-5,8,12,15H,6-7,9-10H2/b13-8-. The van der Waals surface area contributed by atoms with E-state index in [0.29, 0.717) is 12.8 Å². The molecule has 84 valence electrons. The van der Waals surface area contributed by atoms with E-state index in [9.17, 15) is 4.79 Å². The van der Waals surface area contributed by atoms with E-state index in [2.05, 4.69) is 0 Å². The molecular formula is C14H16O2. The first-order valence-corrected chi connectivity index (χ1v) is 5.69. The number of aliphatic hydroxyl groups excluding tert-OH is 1. The van der Waals surface area contributed by atoms with Gasteiger partial charge in [-0.05, 0) is 36.0 Å². The molecule has 2 rings (SSSR count). The van der Waals surface area contributed by atoms with Crippen LogP contribution in [0.2, 0.25) is 0 Å². The van der Waals surface area contributed by atoms with E-state index in [0.717, 1.165) is 17.6 Å². The SMILES string of the molecule is O=C1CCC(CO)C/C1=C/c1ccccc1. The number of aliphatic hydroxyl groups is 1. The second-order valence-corrected chi connectivity index (χ2v) is 4.29. The van der Waals surface area contributed by atoms with Crippen molar-refractivity contribution in [2.24, 2.45) is 5.92 Å². The van der Waals surface area contributed by atoms with Gasteiger partial charge in [-0.2, -0.15) is 0 Å². The summed E-state index contributed by atoms with van der Waals surface area (Å²) in [5.74, 6) is 0.487. The lowest BCUT2D eigenvalue weighted by Gasteiger charge is -2.21. The van der Waals surface area contributed by atoms with Gasteiger partial charge in [0.15, 0.2) is 5.78 Å². The van der Waals surface area contributed by atoms with Gasteiger partial charge in [-0.1, -0.05) is 30.3 Å². The second kappa shape index (κ2) is 5.08. The molecule has 0 bridgehead atoms. The number of rotatable bonds is 2. The number of allylic oxidation sites excluding steroid dienone is 1. The Balaban J connectivity index is 2.18. The van der Waals surface area contributed by atoms with E-state index in [1.165, 1.54) is 0 Å². The highest BCUT2D eigenvalue weighted by molar-refractivity contribution is 6.00. The molecule has 2 heteroatoms. The number of carbonyl (C=O) groups excluding carboxylic acids is 1. The van der Waals surface area contributed by atoms with Crippen LogP contribution in [0.3, 0.4) is 0 Å². The summed E-state index contributed by atoms with van der Waals surface area (Å²) in [5, 5.41) is 9.12. The Labute approximate surface area is 95.6 Å². The van der Waals surface area contributed by atoms with Gasteiger partial charge in [-0.25, -0.2) is 0 Å². The highest BCUT2D eigenvalue weighted by atomic mass is 16.3. The van der Waals surface area contributed by atoms with Gasteiger partial charge in [0.1, 0.15) is 0 Å². The van der Waals surface area contributed by atoms with Crippen molar-refractivity contribution in [2.45, 2.75) is 19.3 Å². The minimum atomic E-state index is 0.180. The quantitative estimate of drug-likeness (QED) is 0.771. The largest absolute Gasteiger partial charge is 0.396 e. The van der Waals surface area contributed by atoms with Gasteiger partial charge in [-0.15, -0.1) is 0 Å². The van der Waals surface area contributed by atoms with Crippen LogP contribution in [0.4, 0.5) is 0 Å². The lowest BCUT2D eigenvalue weighted by atomic mass is 9.84. The molecule has 1 saturated carbocycles. The zero-order chi connectivity index (χ0) is 11.4. The van der Waals surface area contributed by atoms with Crippen LogP contribution >= 0.6 is 0 Å². The zero-order valence-electron chi connectivity index (χ0n) is 9.23. The van der Waals surface area contributed by atoms with Crippen molar-refractivity contribution in [3.8, 4) is 0 Å². The number of carbonyl (C=O) groups is 1. The fourth-order valence-corrected chi connectivity index (χ4v) is 2.07. The highest BCUT2D eigenvalue weighted by Crippen LogP contribution is 2.27. The third kappa shape index (κ3) is 2.58. The van der Waals surface area contributed by atoms with E-state index in [4.69, 9.17) is 5.11 Å². The van der Waals surface area contributed by atoms with Crippen LogP contribution in [0.5, 0.6) is 0 Å². The maximum Gasteiger partial charge on any atom is 0.158 e. The summed E-state index contributed by atoms with van der Waals surface area (Å²) in [7, 11) is 0. The molecule has 0 heterocycles. The molecule has 16 heavy (non-hydrogen) atoms.